The van der Waals surface area contributed by atoms with Gasteiger partial charge in [-0.05, 0) is 57.6 Å². The molecule has 0 unspecified atom stereocenters. The van der Waals surface area contributed by atoms with Crippen LogP contribution in [-0.4, -0.2) is 15.0 Å². The molecule has 0 N–H and O–H groups in total. The summed E-state index contributed by atoms with van der Waals surface area (Å²) in [6, 6.07) is 66.8. The molecule has 3 nitrogen and oxygen atoms in total. The van der Waals surface area contributed by atoms with E-state index in [1.165, 1.54) is 73.7 Å². The Kier molecular flexibility index (Phi) is 7.87. The van der Waals surface area contributed by atoms with Crippen LogP contribution in [0.5, 0.6) is 0 Å². The van der Waals surface area contributed by atoms with E-state index < -0.39 is 0 Å². The normalized spacial score (nSPS) is 11.6. The minimum absolute atomic E-state index is 0.664. The molecule has 56 heavy (non-hydrogen) atoms. The first kappa shape index (κ1) is 32.6. The Hall–Kier alpha value is -6.79. The molecule has 3 heterocycles. The van der Waals surface area contributed by atoms with Gasteiger partial charge in [0.2, 0.25) is 0 Å². The second-order valence-corrected chi connectivity index (χ2v) is 16.0. The molecule has 11 rings (SSSR count). The zero-order valence-electron chi connectivity index (χ0n) is 30.1. The Morgan fingerprint density at radius 2 is 0.839 bits per heavy atom. The number of hydrogen-bond acceptors (Lipinski definition) is 5. The predicted molar refractivity (Wildman–Crippen MR) is 238 cm³/mol. The summed E-state index contributed by atoms with van der Waals surface area (Å²) in [6.45, 7) is 0. The van der Waals surface area contributed by atoms with Crippen LogP contribution in [0.2, 0.25) is 0 Å². The van der Waals surface area contributed by atoms with Crippen molar-refractivity contribution in [2.45, 2.75) is 0 Å². The van der Waals surface area contributed by atoms with Crippen LogP contribution in [0.25, 0.3) is 108 Å². The number of benzene rings is 8. The van der Waals surface area contributed by atoms with E-state index in [1.807, 2.05) is 59.1 Å². The highest BCUT2D eigenvalue weighted by molar-refractivity contribution is 7.27. The summed E-state index contributed by atoms with van der Waals surface area (Å²) in [7, 11) is 0. The van der Waals surface area contributed by atoms with Gasteiger partial charge in [0.25, 0.3) is 0 Å². The van der Waals surface area contributed by atoms with Crippen molar-refractivity contribution >= 4 is 63.0 Å². The molecule has 0 aliphatic rings. The highest BCUT2D eigenvalue weighted by atomic mass is 32.1. The van der Waals surface area contributed by atoms with Crippen LogP contribution in [0, 0.1) is 0 Å². The van der Waals surface area contributed by atoms with Crippen LogP contribution < -0.4 is 0 Å². The van der Waals surface area contributed by atoms with Gasteiger partial charge in [-0.2, -0.15) is 0 Å². The standard InChI is InChI=1S/C51H31N3S2/c1-4-14-32(15-5-1)35-20-12-21-36(30-35)39-29-28-38(46-42-22-10-11-25-44(42)55-48(39)46)37-26-27-40-41-23-13-24-43(47(41)56-45(40)31-37)51-53-49(33-16-6-2-7-17-33)52-50(54-51)34-18-8-3-9-19-34/h1-31H. The summed E-state index contributed by atoms with van der Waals surface area (Å²) in [5, 5.41) is 5.04. The average Bonchev–Trinajstić information content (AvgIpc) is 3.86. The molecular weight excluding hydrogens is 719 g/mol. The van der Waals surface area contributed by atoms with Crippen LogP contribution in [0.1, 0.15) is 0 Å². The maximum Gasteiger partial charge on any atom is 0.165 e. The van der Waals surface area contributed by atoms with Crippen LogP contribution >= 0.6 is 22.7 Å². The van der Waals surface area contributed by atoms with Crippen molar-refractivity contribution in [1.82, 2.24) is 15.0 Å². The zero-order valence-corrected chi connectivity index (χ0v) is 31.7. The highest BCUT2D eigenvalue weighted by Gasteiger charge is 2.19. The minimum atomic E-state index is 0.664. The van der Waals surface area contributed by atoms with E-state index in [0.717, 1.165) is 16.7 Å². The minimum Gasteiger partial charge on any atom is -0.208 e. The number of nitrogens with zero attached hydrogens (tertiary/aromatic N) is 3. The number of hydrogen-bond donors (Lipinski definition) is 0. The van der Waals surface area contributed by atoms with Gasteiger partial charge in [0.1, 0.15) is 0 Å². The molecule has 0 aliphatic heterocycles. The SMILES string of the molecule is c1ccc(-c2cccc(-c3ccc(-c4ccc5c(c4)sc4c(-c6nc(-c7ccccc7)nc(-c7ccccc7)n6)cccc45)c4c3sc3ccccc34)c2)cc1. The quantitative estimate of drug-likeness (QED) is 0.170. The lowest BCUT2D eigenvalue weighted by Crippen LogP contribution is -2.00. The lowest BCUT2D eigenvalue weighted by molar-refractivity contribution is 1.08. The fourth-order valence-electron chi connectivity index (χ4n) is 7.86. The maximum absolute atomic E-state index is 5.08. The van der Waals surface area contributed by atoms with Gasteiger partial charge in [-0.15, -0.1) is 22.7 Å². The van der Waals surface area contributed by atoms with Gasteiger partial charge in [0, 0.05) is 57.0 Å². The second-order valence-electron chi connectivity index (χ2n) is 13.9. The smallest absolute Gasteiger partial charge is 0.165 e. The van der Waals surface area contributed by atoms with Crippen LogP contribution in [-0.2, 0) is 0 Å². The molecule has 0 saturated heterocycles. The van der Waals surface area contributed by atoms with E-state index in [0.29, 0.717) is 17.5 Å². The fraction of sp³-hybridized carbons (Fsp3) is 0. The van der Waals surface area contributed by atoms with E-state index in [9.17, 15) is 0 Å². The molecule has 0 spiro atoms. The van der Waals surface area contributed by atoms with E-state index in [-0.39, 0.29) is 0 Å². The third-order valence-corrected chi connectivity index (χ3v) is 13.0. The van der Waals surface area contributed by atoms with Gasteiger partial charge in [-0.1, -0.05) is 164 Å². The molecule has 5 heteroatoms. The number of aromatic nitrogens is 3. The molecule has 3 aromatic heterocycles. The summed E-state index contributed by atoms with van der Waals surface area (Å²) >= 11 is 3.69. The lowest BCUT2D eigenvalue weighted by atomic mass is 9.93. The van der Waals surface area contributed by atoms with E-state index in [2.05, 4.69) is 152 Å². The van der Waals surface area contributed by atoms with Crippen molar-refractivity contribution in [3.63, 3.8) is 0 Å². The summed E-state index contributed by atoms with van der Waals surface area (Å²) in [4.78, 5) is 15.1. The van der Waals surface area contributed by atoms with Crippen molar-refractivity contribution in [3.8, 4) is 67.5 Å². The molecule has 0 radical (unpaired) electrons. The predicted octanol–water partition coefficient (Wildman–Crippen LogP) is 14.6. The summed E-state index contributed by atoms with van der Waals surface area (Å²) < 4.78 is 5.01. The first-order valence-corrected chi connectivity index (χ1v) is 20.3. The summed E-state index contributed by atoms with van der Waals surface area (Å²) in [6.07, 6.45) is 0. The fourth-order valence-corrected chi connectivity index (χ4v) is 10.4. The van der Waals surface area contributed by atoms with Gasteiger partial charge in [0.05, 0.1) is 0 Å². The van der Waals surface area contributed by atoms with Crippen LogP contribution in [0.3, 0.4) is 0 Å². The molecule has 0 fully saturated rings. The average molecular weight is 750 g/mol. The molecule has 8 aromatic carbocycles. The number of fused-ring (bicyclic) bond motifs is 6. The Labute approximate surface area is 331 Å². The van der Waals surface area contributed by atoms with Crippen LogP contribution in [0.15, 0.2) is 188 Å². The van der Waals surface area contributed by atoms with Crippen molar-refractivity contribution in [2.75, 3.05) is 0 Å². The summed E-state index contributed by atoms with van der Waals surface area (Å²) in [5.41, 5.74) is 10.3. The molecule has 0 bridgehead atoms. The van der Waals surface area contributed by atoms with Gasteiger partial charge in [-0.3, -0.25) is 0 Å². The number of thiophene rings is 2. The second kappa shape index (κ2) is 13.5. The summed E-state index contributed by atoms with van der Waals surface area (Å²) in [5.74, 6) is 2.00. The monoisotopic (exact) mass is 749 g/mol. The Balaban J connectivity index is 1.07. The molecule has 0 amide bonds. The molecule has 11 aromatic rings. The molecular formula is C51H31N3S2. The third kappa shape index (κ3) is 5.60. The molecule has 0 atom stereocenters. The Morgan fingerprint density at radius 1 is 0.286 bits per heavy atom. The lowest BCUT2D eigenvalue weighted by Gasteiger charge is -2.11. The van der Waals surface area contributed by atoms with Gasteiger partial charge in [-0.25, -0.2) is 15.0 Å². The largest absolute Gasteiger partial charge is 0.208 e. The van der Waals surface area contributed by atoms with E-state index in [4.69, 9.17) is 15.0 Å². The van der Waals surface area contributed by atoms with Crippen molar-refractivity contribution < 1.29 is 0 Å². The molecule has 262 valence electrons. The highest BCUT2D eigenvalue weighted by Crippen LogP contribution is 2.47. The van der Waals surface area contributed by atoms with Gasteiger partial charge in [0.15, 0.2) is 17.5 Å². The van der Waals surface area contributed by atoms with Crippen molar-refractivity contribution in [1.29, 1.82) is 0 Å². The first-order chi connectivity index (χ1) is 27.7. The Morgan fingerprint density at radius 3 is 1.59 bits per heavy atom. The third-order valence-electron chi connectivity index (χ3n) is 10.6. The Bertz CT molecular complexity index is 3180. The van der Waals surface area contributed by atoms with E-state index >= 15 is 0 Å². The van der Waals surface area contributed by atoms with Crippen LogP contribution in [0.4, 0.5) is 0 Å². The van der Waals surface area contributed by atoms with Crippen molar-refractivity contribution in [2.24, 2.45) is 0 Å². The zero-order chi connectivity index (χ0) is 37.0. The topological polar surface area (TPSA) is 38.7 Å². The molecule has 0 aliphatic carbocycles. The maximum atomic E-state index is 5.08. The molecule has 0 saturated carbocycles. The first-order valence-electron chi connectivity index (χ1n) is 18.7. The van der Waals surface area contributed by atoms with Crippen molar-refractivity contribution in [3.05, 3.63) is 188 Å². The van der Waals surface area contributed by atoms with E-state index in [1.54, 1.807) is 0 Å². The number of rotatable bonds is 6. The van der Waals surface area contributed by atoms with Gasteiger partial charge >= 0.3 is 0 Å². The van der Waals surface area contributed by atoms with Gasteiger partial charge < -0.3 is 0 Å².